The largest absolute Gasteiger partial charge is 0.309 e. The van der Waals surface area contributed by atoms with Crippen LogP contribution in [-0.4, -0.2) is 4.57 Å². The lowest BCUT2D eigenvalue weighted by Gasteiger charge is -2.15. The van der Waals surface area contributed by atoms with E-state index in [-0.39, 0.29) is 0 Å². The third-order valence-corrected chi connectivity index (χ3v) is 9.88. The predicted octanol–water partition coefficient (Wildman–Crippen LogP) is 12.7. The first-order chi connectivity index (χ1) is 23.3. The van der Waals surface area contributed by atoms with Crippen molar-refractivity contribution in [1.29, 1.82) is 0 Å². The molecule has 0 N–H and O–H groups in total. The van der Waals surface area contributed by atoms with E-state index in [1.165, 1.54) is 87.5 Å². The molecule has 0 radical (unpaired) electrons. The lowest BCUT2D eigenvalue weighted by atomic mass is 9.92. The van der Waals surface area contributed by atoms with Crippen LogP contribution in [0.15, 0.2) is 176 Å². The number of para-hydroxylation sites is 1. The number of nitrogens with zero attached hydrogens (tertiary/aromatic N) is 1. The van der Waals surface area contributed by atoms with Crippen LogP contribution in [-0.2, 0) is 0 Å². The monoisotopic (exact) mass is 595 g/mol. The van der Waals surface area contributed by atoms with Gasteiger partial charge in [0.2, 0.25) is 0 Å². The molecule has 1 heterocycles. The standard InChI is InChI=1S/C46H29N/c1-3-10-30(11-4-1)36-26-37(31-12-5-2-6-13-31)28-38(27-36)32-20-23-39(24-21-32)47-43-17-8-7-16-40(43)42-29-35-19-18-33-14-9-15-34-22-25-41(46(42)47)45(35)44(33)34/h1-29H. The van der Waals surface area contributed by atoms with Gasteiger partial charge in [-0.15, -0.1) is 0 Å². The topological polar surface area (TPSA) is 4.93 Å². The molecule has 9 aromatic carbocycles. The molecular formula is C46H29N. The van der Waals surface area contributed by atoms with Crippen molar-refractivity contribution in [1.82, 2.24) is 4.57 Å². The fraction of sp³-hybridized carbons (Fsp3) is 0. The SMILES string of the molecule is c1ccc(-c2cc(-c3ccccc3)cc(-c3ccc(-n4c5ccccc5c5cc6ccc7cccc8ccc(c6c78)c54)cc3)c2)cc1. The summed E-state index contributed by atoms with van der Waals surface area (Å²) in [4.78, 5) is 0. The second-order valence-corrected chi connectivity index (χ2v) is 12.6. The molecule has 0 spiro atoms. The Morgan fingerprint density at radius 3 is 1.51 bits per heavy atom. The fourth-order valence-corrected chi connectivity index (χ4v) is 7.72. The average Bonchev–Trinajstić information content (AvgIpc) is 3.48. The molecule has 0 aliphatic carbocycles. The Bertz CT molecular complexity index is 2680. The first-order valence-electron chi connectivity index (χ1n) is 16.3. The van der Waals surface area contributed by atoms with Crippen LogP contribution < -0.4 is 0 Å². The Hall–Kier alpha value is -6.18. The Labute approximate surface area is 272 Å². The van der Waals surface area contributed by atoms with Crippen molar-refractivity contribution in [3.05, 3.63) is 176 Å². The maximum Gasteiger partial charge on any atom is 0.0620 e. The molecule has 10 aromatic rings. The molecule has 218 valence electrons. The van der Waals surface area contributed by atoms with Gasteiger partial charge in [0.25, 0.3) is 0 Å². The molecule has 1 aromatic heterocycles. The molecule has 0 saturated carbocycles. The van der Waals surface area contributed by atoms with Gasteiger partial charge in [0, 0.05) is 21.8 Å². The van der Waals surface area contributed by atoms with E-state index in [9.17, 15) is 0 Å². The second-order valence-electron chi connectivity index (χ2n) is 12.6. The van der Waals surface area contributed by atoms with E-state index >= 15 is 0 Å². The van der Waals surface area contributed by atoms with E-state index < -0.39 is 0 Å². The highest BCUT2D eigenvalue weighted by Crippen LogP contribution is 2.43. The summed E-state index contributed by atoms with van der Waals surface area (Å²) < 4.78 is 2.47. The second kappa shape index (κ2) is 10.2. The predicted molar refractivity (Wildman–Crippen MR) is 201 cm³/mol. The van der Waals surface area contributed by atoms with Gasteiger partial charge in [-0.3, -0.25) is 0 Å². The Morgan fingerprint density at radius 1 is 0.298 bits per heavy atom. The minimum absolute atomic E-state index is 1.16. The van der Waals surface area contributed by atoms with Crippen molar-refractivity contribution in [2.24, 2.45) is 0 Å². The summed E-state index contributed by atoms with van der Waals surface area (Å²) in [6.45, 7) is 0. The van der Waals surface area contributed by atoms with Crippen molar-refractivity contribution in [2.45, 2.75) is 0 Å². The number of benzene rings is 9. The molecule has 47 heavy (non-hydrogen) atoms. The van der Waals surface area contributed by atoms with Crippen LogP contribution in [0.1, 0.15) is 0 Å². The van der Waals surface area contributed by atoms with E-state index in [1.807, 2.05) is 0 Å². The van der Waals surface area contributed by atoms with Gasteiger partial charge < -0.3 is 4.57 Å². The van der Waals surface area contributed by atoms with Gasteiger partial charge in [-0.25, -0.2) is 0 Å². The van der Waals surface area contributed by atoms with Crippen LogP contribution in [0.5, 0.6) is 0 Å². The molecule has 0 aliphatic rings. The van der Waals surface area contributed by atoms with E-state index in [0.717, 1.165) is 5.69 Å². The molecule has 1 nitrogen and oxygen atoms in total. The first-order valence-corrected chi connectivity index (χ1v) is 16.3. The molecule has 0 fully saturated rings. The third kappa shape index (κ3) is 4.03. The van der Waals surface area contributed by atoms with Gasteiger partial charge in [0.15, 0.2) is 0 Å². The molecule has 0 unspecified atom stereocenters. The maximum absolute atomic E-state index is 2.47. The Kier molecular flexibility index (Phi) is 5.64. The molecule has 0 saturated heterocycles. The zero-order valence-electron chi connectivity index (χ0n) is 25.7. The van der Waals surface area contributed by atoms with Gasteiger partial charge >= 0.3 is 0 Å². The summed E-state index contributed by atoms with van der Waals surface area (Å²) in [5.74, 6) is 0. The Morgan fingerprint density at radius 2 is 0.851 bits per heavy atom. The van der Waals surface area contributed by atoms with Crippen LogP contribution in [0.2, 0.25) is 0 Å². The van der Waals surface area contributed by atoms with Gasteiger partial charge in [0.1, 0.15) is 0 Å². The third-order valence-electron chi connectivity index (χ3n) is 9.88. The number of hydrogen-bond donors (Lipinski definition) is 0. The first kappa shape index (κ1) is 26.1. The smallest absolute Gasteiger partial charge is 0.0620 e. The van der Waals surface area contributed by atoms with Crippen LogP contribution in [0, 0.1) is 0 Å². The average molecular weight is 596 g/mol. The van der Waals surface area contributed by atoms with Crippen LogP contribution in [0.3, 0.4) is 0 Å². The summed E-state index contributed by atoms with van der Waals surface area (Å²) in [6, 6.07) is 64.5. The zero-order chi connectivity index (χ0) is 30.9. The van der Waals surface area contributed by atoms with Crippen LogP contribution in [0.25, 0.3) is 93.2 Å². The zero-order valence-corrected chi connectivity index (χ0v) is 25.7. The molecule has 0 amide bonds. The normalized spacial score (nSPS) is 11.8. The number of rotatable bonds is 4. The summed E-state index contributed by atoms with van der Waals surface area (Å²) in [7, 11) is 0. The quantitative estimate of drug-likeness (QED) is 0.178. The van der Waals surface area contributed by atoms with Gasteiger partial charge in [0.05, 0.1) is 11.0 Å². The maximum atomic E-state index is 2.47. The molecule has 0 atom stereocenters. The van der Waals surface area contributed by atoms with Crippen molar-refractivity contribution in [3.63, 3.8) is 0 Å². The fourth-order valence-electron chi connectivity index (χ4n) is 7.72. The summed E-state index contributed by atoms with van der Waals surface area (Å²) in [6.07, 6.45) is 0. The van der Waals surface area contributed by atoms with E-state index in [4.69, 9.17) is 0 Å². The highest BCUT2D eigenvalue weighted by Gasteiger charge is 2.18. The molecule has 0 bridgehead atoms. The lowest BCUT2D eigenvalue weighted by Crippen LogP contribution is -1.95. The lowest BCUT2D eigenvalue weighted by molar-refractivity contribution is 1.19. The highest BCUT2D eigenvalue weighted by atomic mass is 15.0. The molecule has 10 rings (SSSR count). The van der Waals surface area contributed by atoms with Crippen molar-refractivity contribution in [3.8, 4) is 39.1 Å². The van der Waals surface area contributed by atoms with Gasteiger partial charge in [-0.05, 0) is 103 Å². The van der Waals surface area contributed by atoms with Crippen LogP contribution in [0.4, 0.5) is 0 Å². The highest BCUT2D eigenvalue weighted by molar-refractivity contribution is 6.31. The van der Waals surface area contributed by atoms with E-state index in [2.05, 4.69) is 180 Å². The molecule has 1 heteroatoms. The number of fused-ring (bicyclic) bond motifs is 4. The molecular weight excluding hydrogens is 567 g/mol. The van der Waals surface area contributed by atoms with Crippen LogP contribution >= 0.6 is 0 Å². The summed E-state index contributed by atoms with van der Waals surface area (Å²) in [5.41, 5.74) is 10.9. The van der Waals surface area contributed by atoms with E-state index in [0.29, 0.717) is 0 Å². The van der Waals surface area contributed by atoms with E-state index in [1.54, 1.807) is 0 Å². The van der Waals surface area contributed by atoms with Gasteiger partial charge in [-0.2, -0.15) is 0 Å². The van der Waals surface area contributed by atoms with Crippen molar-refractivity contribution < 1.29 is 0 Å². The summed E-state index contributed by atoms with van der Waals surface area (Å²) >= 11 is 0. The number of aromatic nitrogens is 1. The summed E-state index contributed by atoms with van der Waals surface area (Å²) in [5, 5.41) is 10.4. The number of hydrogen-bond acceptors (Lipinski definition) is 0. The van der Waals surface area contributed by atoms with Crippen molar-refractivity contribution in [2.75, 3.05) is 0 Å². The van der Waals surface area contributed by atoms with Gasteiger partial charge in [-0.1, -0.05) is 133 Å². The molecule has 0 aliphatic heterocycles. The minimum atomic E-state index is 1.16. The Balaban J connectivity index is 1.19. The minimum Gasteiger partial charge on any atom is -0.309 e. The van der Waals surface area contributed by atoms with Crippen molar-refractivity contribution >= 4 is 54.1 Å².